The van der Waals surface area contributed by atoms with Gasteiger partial charge in [-0.15, -0.1) is 0 Å². The maximum absolute atomic E-state index is 13.8. The summed E-state index contributed by atoms with van der Waals surface area (Å²) in [4.78, 5) is 16.8. The summed E-state index contributed by atoms with van der Waals surface area (Å²) in [5.74, 6) is -2.20. The predicted octanol–water partition coefficient (Wildman–Crippen LogP) is 5.26. The van der Waals surface area contributed by atoms with Gasteiger partial charge in [0.25, 0.3) is 0 Å². The van der Waals surface area contributed by atoms with Crippen molar-refractivity contribution >= 4 is 6.03 Å². The number of amides is 2. The number of halogens is 6. The first-order valence-corrected chi connectivity index (χ1v) is 12.6. The zero-order valence-electron chi connectivity index (χ0n) is 21.6. The first-order valence-electron chi connectivity index (χ1n) is 12.6. The molecule has 0 bridgehead atoms. The monoisotopic (exact) mass is 555 g/mol. The second-order valence-electron chi connectivity index (χ2n) is 10.0. The van der Waals surface area contributed by atoms with Gasteiger partial charge in [0.1, 0.15) is 6.10 Å². The number of aromatic nitrogens is 1. The number of rotatable bonds is 8. The van der Waals surface area contributed by atoms with Crippen molar-refractivity contribution in [2.24, 2.45) is 17.8 Å². The third kappa shape index (κ3) is 7.50. The topological polar surface area (TPSA) is 81.7 Å². The van der Waals surface area contributed by atoms with Crippen molar-refractivity contribution in [2.75, 3.05) is 27.9 Å². The summed E-state index contributed by atoms with van der Waals surface area (Å²) in [7, 11) is 4.66. The Morgan fingerprint density at radius 3 is 2.11 bits per heavy atom. The van der Waals surface area contributed by atoms with Crippen LogP contribution >= 0.6 is 0 Å². The molecule has 38 heavy (non-hydrogen) atoms. The lowest BCUT2D eigenvalue weighted by atomic mass is 9.76. The van der Waals surface area contributed by atoms with Crippen LogP contribution in [0.2, 0.25) is 0 Å². The molecule has 1 aromatic rings. The third-order valence-corrected chi connectivity index (χ3v) is 7.72. The lowest BCUT2D eigenvalue weighted by Crippen LogP contribution is -2.50. The third-order valence-electron chi connectivity index (χ3n) is 7.72. The number of hydrogen-bond acceptors (Lipinski definition) is 5. The quantitative estimate of drug-likeness (QED) is 0.428. The fourth-order valence-corrected chi connectivity index (χ4v) is 5.72. The normalized spacial score (nSPS) is 29.5. The van der Waals surface area contributed by atoms with Gasteiger partial charge < -0.3 is 24.8 Å². The molecule has 3 atom stereocenters. The first kappa shape index (κ1) is 30.4. The Morgan fingerprint density at radius 1 is 1.00 bits per heavy atom. The van der Waals surface area contributed by atoms with E-state index in [4.69, 9.17) is 14.2 Å². The Balaban J connectivity index is 1.74. The number of ether oxygens (including phenoxy) is 3. The lowest BCUT2D eigenvalue weighted by molar-refractivity contribution is -0.184. The highest BCUT2D eigenvalue weighted by Gasteiger charge is 2.45. The van der Waals surface area contributed by atoms with Crippen LogP contribution < -0.4 is 10.6 Å². The lowest BCUT2D eigenvalue weighted by Gasteiger charge is -2.39. The smallest absolute Gasteiger partial charge is 0.379 e. The molecular formula is C25H35F6N3O4. The minimum absolute atomic E-state index is 0.00899. The Kier molecular flexibility index (Phi) is 10.3. The molecule has 2 saturated carbocycles. The van der Waals surface area contributed by atoms with Gasteiger partial charge in [0.15, 0.2) is 0 Å². The van der Waals surface area contributed by atoms with Crippen molar-refractivity contribution in [3.63, 3.8) is 0 Å². The number of methoxy groups -OCH3 is 3. The molecule has 13 heteroatoms. The molecule has 0 radical (unpaired) electrons. The van der Waals surface area contributed by atoms with E-state index in [1.54, 1.807) is 21.3 Å². The highest BCUT2D eigenvalue weighted by atomic mass is 19.4. The molecular weight excluding hydrogens is 520 g/mol. The van der Waals surface area contributed by atoms with E-state index in [-0.39, 0.29) is 56.5 Å². The van der Waals surface area contributed by atoms with Gasteiger partial charge in [0.05, 0.1) is 35.4 Å². The number of alkyl halides is 6. The summed E-state index contributed by atoms with van der Waals surface area (Å²) < 4.78 is 97.4. The van der Waals surface area contributed by atoms with Crippen molar-refractivity contribution in [3.8, 4) is 0 Å². The Bertz CT molecular complexity index is 894. The number of nitrogens with zero attached hydrogens (tertiary/aromatic N) is 1. The molecule has 3 rings (SSSR count). The molecule has 216 valence electrons. The number of urea groups is 1. The van der Waals surface area contributed by atoms with E-state index < -0.39 is 47.5 Å². The summed E-state index contributed by atoms with van der Waals surface area (Å²) in [6, 6.07) is 0.0761. The molecule has 0 aliphatic heterocycles. The van der Waals surface area contributed by atoms with Crippen LogP contribution in [-0.2, 0) is 20.4 Å². The summed E-state index contributed by atoms with van der Waals surface area (Å²) in [5.41, 5.74) is -1.42. The van der Waals surface area contributed by atoms with Crippen LogP contribution in [0, 0.1) is 17.8 Å². The van der Waals surface area contributed by atoms with Crippen LogP contribution in [0.1, 0.15) is 55.8 Å². The van der Waals surface area contributed by atoms with E-state index >= 15 is 0 Å². The molecule has 2 aliphatic carbocycles. The van der Waals surface area contributed by atoms with E-state index in [1.165, 1.54) is 6.20 Å². The van der Waals surface area contributed by atoms with Crippen LogP contribution in [0.15, 0.2) is 18.3 Å². The Labute approximate surface area is 218 Å². The molecule has 0 aromatic carbocycles. The van der Waals surface area contributed by atoms with Crippen molar-refractivity contribution in [3.05, 3.63) is 29.6 Å². The van der Waals surface area contributed by atoms with E-state index in [2.05, 4.69) is 15.6 Å². The maximum Gasteiger partial charge on any atom is 0.418 e. The standard InChI is InChI=1S/C25H35F6N3O4/c1-36-18-11-14(12-19(37-2)22(18)38-3)13-33-23(35)34-20(15-6-8-16(9-7-15)24(26,27)28)21-17(25(29,30)31)5-4-10-32-21/h4-5,10,14-16,18-20,22H,6-9,11-13H2,1-3H3,(H2,33,34,35). The van der Waals surface area contributed by atoms with Gasteiger partial charge >= 0.3 is 18.4 Å². The van der Waals surface area contributed by atoms with Crippen molar-refractivity contribution in [2.45, 2.75) is 75.2 Å². The molecule has 2 N–H and O–H groups in total. The Morgan fingerprint density at radius 2 is 1.61 bits per heavy atom. The van der Waals surface area contributed by atoms with Crippen LogP contribution in [0.3, 0.4) is 0 Å². The van der Waals surface area contributed by atoms with Crippen LogP contribution in [-0.4, -0.2) is 63.4 Å². The number of carbonyl (C=O) groups is 1. The maximum atomic E-state index is 13.8. The second kappa shape index (κ2) is 12.8. The predicted molar refractivity (Wildman–Crippen MR) is 125 cm³/mol. The van der Waals surface area contributed by atoms with E-state index in [1.807, 2.05) is 0 Å². The average molecular weight is 556 g/mol. The molecule has 1 aromatic heterocycles. The van der Waals surface area contributed by atoms with Crippen LogP contribution in [0.5, 0.6) is 0 Å². The molecule has 1 heterocycles. The largest absolute Gasteiger partial charge is 0.418 e. The van der Waals surface area contributed by atoms with Gasteiger partial charge in [-0.05, 0) is 62.5 Å². The highest BCUT2D eigenvalue weighted by molar-refractivity contribution is 5.74. The minimum Gasteiger partial charge on any atom is -0.379 e. The van der Waals surface area contributed by atoms with E-state index in [0.717, 1.165) is 12.1 Å². The molecule has 3 unspecified atom stereocenters. The SMILES string of the molecule is COC1CC(CNC(=O)NC(c2ncccc2C(F)(F)F)C2CCC(C(F)(F)F)CC2)CC(OC)C1OC. The van der Waals surface area contributed by atoms with Gasteiger partial charge in [-0.1, -0.05) is 0 Å². The second-order valence-corrected chi connectivity index (χ2v) is 10.0. The summed E-state index contributed by atoms with van der Waals surface area (Å²) in [6.07, 6.45) is -8.03. The van der Waals surface area contributed by atoms with Crippen molar-refractivity contribution < 1.29 is 45.3 Å². The number of carbonyl (C=O) groups excluding carboxylic acids is 1. The fourth-order valence-electron chi connectivity index (χ4n) is 5.72. The number of nitrogens with one attached hydrogen (secondary N) is 2. The fraction of sp³-hybridized carbons (Fsp3) is 0.760. The summed E-state index contributed by atoms with van der Waals surface area (Å²) in [5, 5.41) is 5.31. The zero-order valence-corrected chi connectivity index (χ0v) is 21.6. The summed E-state index contributed by atoms with van der Waals surface area (Å²) in [6.45, 7) is 0.198. The first-order chi connectivity index (χ1) is 17.9. The summed E-state index contributed by atoms with van der Waals surface area (Å²) >= 11 is 0. The zero-order chi connectivity index (χ0) is 28.1. The van der Waals surface area contributed by atoms with E-state index in [0.29, 0.717) is 12.8 Å². The Hall–Kier alpha value is -2.12. The van der Waals surface area contributed by atoms with Gasteiger partial charge in [0.2, 0.25) is 0 Å². The number of hydrogen-bond donors (Lipinski definition) is 2. The highest BCUT2D eigenvalue weighted by Crippen LogP contribution is 2.44. The van der Waals surface area contributed by atoms with Crippen molar-refractivity contribution in [1.82, 2.24) is 15.6 Å². The number of pyridine rings is 1. The van der Waals surface area contributed by atoms with Gasteiger partial charge in [-0.2, -0.15) is 26.3 Å². The van der Waals surface area contributed by atoms with Gasteiger partial charge in [-0.3, -0.25) is 4.98 Å². The molecule has 7 nitrogen and oxygen atoms in total. The average Bonchev–Trinajstić information content (AvgIpc) is 2.89. The van der Waals surface area contributed by atoms with Crippen molar-refractivity contribution in [1.29, 1.82) is 0 Å². The molecule has 0 spiro atoms. The molecule has 2 fully saturated rings. The van der Waals surface area contributed by atoms with Crippen LogP contribution in [0.25, 0.3) is 0 Å². The minimum atomic E-state index is -4.74. The van der Waals surface area contributed by atoms with Gasteiger partial charge in [-0.25, -0.2) is 4.79 Å². The molecule has 2 aliphatic rings. The molecule has 2 amide bonds. The van der Waals surface area contributed by atoms with Gasteiger partial charge in [0, 0.05) is 34.1 Å². The van der Waals surface area contributed by atoms with Crippen LogP contribution in [0.4, 0.5) is 31.1 Å². The molecule has 0 saturated heterocycles. The van der Waals surface area contributed by atoms with E-state index in [9.17, 15) is 31.1 Å².